The van der Waals surface area contributed by atoms with Gasteiger partial charge >= 0.3 is 0 Å². The third-order valence-electron chi connectivity index (χ3n) is 6.99. The first kappa shape index (κ1) is 18.5. The fourth-order valence-corrected chi connectivity index (χ4v) is 5.92. The smallest absolute Gasteiger partial charge is 0.0784 e. The molecule has 3 nitrogen and oxygen atoms in total. The summed E-state index contributed by atoms with van der Waals surface area (Å²) in [6, 6.07) is 14.1. The highest BCUT2D eigenvalue weighted by atomic mass is 16.5. The molecule has 0 aromatic heterocycles. The molecule has 0 amide bonds. The summed E-state index contributed by atoms with van der Waals surface area (Å²) in [5.74, 6) is 0. The molecule has 0 spiro atoms. The molecular formula is C23H36N2O. The molecule has 4 rings (SSSR count). The minimum absolute atomic E-state index is 0.282. The third-order valence-corrected chi connectivity index (χ3v) is 6.99. The van der Waals surface area contributed by atoms with Crippen LogP contribution in [0.1, 0.15) is 65.4 Å². The Labute approximate surface area is 159 Å². The summed E-state index contributed by atoms with van der Waals surface area (Å²) in [4.78, 5) is 2.78. The van der Waals surface area contributed by atoms with Crippen molar-refractivity contribution in [3.8, 4) is 0 Å². The van der Waals surface area contributed by atoms with E-state index in [1.165, 1.54) is 37.7 Å². The Hall–Kier alpha value is -0.900. The van der Waals surface area contributed by atoms with E-state index in [0.29, 0.717) is 24.2 Å². The van der Waals surface area contributed by atoms with Gasteiger partial charge in [0, 0.05) is 30.2 Å². The van der Waals surface area contributed by atoms with E-state index in [1.807, 2.05) is 0 Å². The minimum atomic E-state index is 0.282. The fourth-order valence-electron chi connectivity index (χ4n) is 5.92. The van der Waals surface area contributed by atoms with Crippen LogP contribution in [0.2, 0.25) is 0 Å². The zero-order chi connectivity index (χ0) is 18.3. The number of nitrogens with one attached hydrogen (secondary N) is 1. The molecule has 4 atom stereocenters. The molecule has 3 fully saturated rings. The van der Waals surface area contributed by atoms with Gasteiger partial charge in [0.05, 0.1) is 12.7 Å². The Morgan fingerprint density at radius 3 is 2.35 bits per heavy atom. The highest BCUT2D eigenvalue weighted by Gasteiger charge is 2.50. The van der Waals surface area contributed by atoms with E-state index in [-0.39, 0.29) is 5.41 Å². The quantitative estimate of drug-likeness (QED) is 0.819. The Morgan fingerprint density at radius 1 is 1.12 bits per heavy atom. The molecule has 2 aliphatic heterocycles. The predicted molar refractivity (Wildman–Crippen MR) is 107 cm³/mol. The molecule has 144 valence electrons. The molecule has 26 heavy (non-hydrogen) atoms. The zero-order valence-electron chi connectivity index (χ0n) is 16.9. The van der Waals surface area contributed by atoms with Gasteiger partial charge < -0.3 is 10.1 Å². The Kier molecular flexibility index (Phi) is 5.15. The van der Waals surface area contributed by atoms with Crippen molar-refractivity contribution in [2.24, 2.45) is 5.41 Å². The van der Waals surface area contributed by atoms with Gasteiger partial charge in [0.1, 0.15) is 0 Å². The van der Waals surface area contributed by atoms with Gasteiger partial charge in [0.25, 0.3) is 0 Å². The summed E-state index contributed by atoms with van der Waals surface area (Å²) in [7, 11) is 0. The van der Waals surface area contributed by atoms with Crippen LogP contribution >= 0.6 is 0 Å². The van der Waals surface area contributed by atoms with Crippen LogP contribution in [0.25, 0.3) is 0 Å². The van der Waals surface area contributed by atoms with E-state index < -0.39 is 0 Å². The normalized spacial score (nSPS) is 36.3. The second-order valence-electron chi connectivity index (χ2n) is 9.78. The van der Waals surface area contributed by atoms with Crippen LogP contribution in [0.3, 0.4) is 0 Å². The van der Waals surface area contributed by atoms with E-state index >= 15 is 0 Å². The standard InChI is InChI=1S/C23H36N2O/c1-16(2)25-19-10-11-20(25)13-18(12-19)24-21-14-23(3,4)22(21)26-15-17-8-6-5-7-9-17/h5-9,16,18-22,24H,10-15H2,1-4H3. The molecule has 1 aromatic carbocycles. The Balaban J connectivity index is 1.33. The maximum absolute atomic E-state index is 6.39. The topological polar surface area (TPSA) is 24.5 Å². The minimum Gasteiger partial charge on any atom is -0.371 e. The fraction of sp³-hybridized carbons (Fsp3) is 0.739. The summed E-state index contributed by atoms with van der Waals surface area (Å²) >= 11 is 0. The number of hydrogen-bond donors (Lipinski definition) is 1. The lowest BCUT2D eigenvalue weighted by Gasteiger charge is -2.53. The average Bonchev–Trinajstić information content (AvgIpc) is 2.87. The maximum Gasteiger partial charge on any atom is 0.0784 e. The van der Waals surface area contributed by atoms with Gasteiger partial charge in [-0.1, -0.05) is 44.2 Å². The number of nitrogens with zero attached hydrogens (tertiary/aromatic N) is 1. The summed E-state index contributed by atoms with van der Waals surface area (Å²) in [5, 5.41) is 4.01. The number of rotatable bonds is 6. The van der Waals surface area contributed by atoms with Crippen LogP contribution in [-0.2, 0) is 11.3 Å². The summed E-state index contributed by atoms with van der Waals surface area (Å²) in [6.45, 7) is 10.2. The maximum atomic E-state index is 6.39. The molecule has 4 unspecified atom stereocenters. The van der Waals surface area contributed by atoms with E-state index in [9.17, 15) is 0 Å². The average molecular weight is 357 g/mol. The van der Waals surface area contributed by atoms with Gasteiger partial charge in [-0.2, -0.15) is 0 Å². The number of benzene rings is 1. The summed E-state index contributed by atoms with van der Waals surface area (Å²) in [6.07, 6.45) is 6.97. The van der Waals surface area contributed by atoms with Crippen molar-refractivity contribution in [2.45, 2.75) is 103 Å². The van der Waals surface area contributed by atoms with Crippen LogP contribution in [0.5, 0.6) is 0 Å². The predicted octanol–water partition coefficient (Wildman–Crippen LogP) is 4.36. The third kappa shape index (κ3) is 3.58. The van der Waals surface area contributed by atoms with Crippen LogP contribution in [0.4, 0.5) is 0 Å². The number of fused-ring (bicyclic) bond motifs is 2. The lowest BCUT2D eigenvalue weighted by molar-refractivity contribution is -0.131. The Morgan fingerprint density at radius 2 is 1.77 bits per heavy atom. The van der Waals surface area contributed by atoms with Crippen molar-refractivity contribution in [1.82, 2.24) is 10.2 Å². The molecule has 1 aliphatic carbocycles. The summed E-state index contributed by atoms with van der Waals surface area (Å²) in [5.41, 5.74) is 1.56. The molecule has 2 heterocycles. The first-order valence-corrected chi connectivity index (χ1v) is 10.6. The van der Waals surface area contributed by atoms with Crippen molar-refractivity contribution in [2.75, 3.05) is 0 Å². The molecular weight excluding hydrogens is 320 g/mol. The van der Waals surface area contributed by atoms with Gasteiger partial charge in [0.15, 0.2) is 0 Å². The second kappa shape index (κ2) is 7.26. The van der Waals surface area contributed by atoms with Gasteiger partial charge in [-0.3, -0.25) is 4.90 Å². The van der Waals surface area contributed by atoms with Gasteiger partial charge in [0.2, 0.25) is 0 Å². The summed E-state index contributed by atoms with van der Waals surface area (Å²) < 4.78 is 6.39. The van der Waals surface area contributed by atoms with Crippen molar-refractivity contribution in [3.05, 3.63) is 35.9 Å². The molecule has 2 bridgehead atoms. The van der Waals surface area contributed by atoms with E-state index in [1.54, 1.807) is 0 Å². The highest BCUT2D eigenvalue weighted by molar-refractivity contribution is 5.14. The van der Waals surface area contributed by atoms with Crippen molar-refractivity contribution >= 4 is 0 Å². The molecule has 2 saturated heterocycles. The van der Waals surface area contributed by atoms with E-state index in [2.05, 4.69) is 68.2 Å². The van der Waals surface area contributed by atoms with Gasteiger partial charge in [-0.15, -0.1) is 0 Å². The van der Waals surface area contributed by atoms with Crippen LogP contribution in [0.15, 0.2) is 30.3 Å². The van der Waals surface area contributed by atoms with Crippen LogP contribution in [0, 0.1) is 5.41 Å². The van der Waals surface area contributed by atoms with Crippen LogP contribution in [-0.4, -0.2) is 41.2 Å². The first-order valence-electron chi connectivity index (χ1n) is 10.6. The van der Waals surface area contributed by atoms with Crippen molar-refractivity contribution < 1.29 is 4.74 Å². The Bertz CT molecular complexity index is 585. The van der Waals surface area contributed by atoms with E-state index in [0.717, 1.165) is 18.7 Å². The van der Waals surface area contributed by atoms with Gasteiger partial charge in [-0.05, 0) is 56.9 Å². The second-order valence-corrected chi connectivity index (χ2v) is 9.78. The van der Waals surface area contributed by atoms with E-state index in [4.69, 9.17) is 4.74 Å². The first-order chi connectivity index (χ1) is 12.4. The van der Waals surface area contributed by atoms with Crippen molar-refractivity contribution in [1.29, 1.82) is 0 Å². The molecule has 1 saturated carbocycles. The monoisotopic (exact) mass is 356 g/mol. The zero-order valence-corrected chi connectivity index (χ0v) is 16.9. The largest absolute Gasteiger partial charge is 0.371 e. The van der Waals surface area contributed by atoms with Gasteiger partial charge in [-0.25, -0.2) is 0 Å². The van der Waals surface area contributed by atoms with Crippen LogP contribution < -0.4 is 5.32 Å². The highest BCUT2D eigenvalue weighted by Crippen LogP contribution is 2.44. The molecule has 1 aromatic rings. The van der Waals surface area contributed by atoms with Crippen molar-refractivity contribution in [3.63, 3.8) is 0 Å². The lowest BCUT2D eigenvalue weighted by atomic mass is 9.65. The molecule has 1 N–H and O–H groups in total. The molecule has 3 aliphatic rings. The number of hydrogen-bond acceptors (Lipinski definition) is 3. The number of ether oxygens (including phenoxy) is 1. The number of piperidine rings is 1. The SMILES string of the molecule is CC(C)N1C2CCC1CC(NC1CC(C)(C)C1OCc1ccccc1)C2. The lowest BCUT2D eigenvalue weighted by Crippen LogP contribution is -2.64. The molecule has 3 heteroatoms. The molecule has 0 radical (unpaired) electrons.